The third kappa shape index (κ3) is 9.57. The lowest BCUT2D eigenvalue weighted by Crippen LogP contribution is -2.55. The fourth-order valence-corrected chi connectivity index (χ4v) is 2.09. The van der Waals surface area contributed by atoms with Crippen molar-refractivity contribution in [3.05, 3.63) is 0 Å². The number of hydrogen-bond donors (Lipinski definition) is 6. The monoisotopic (exact) mass is 374 g/mol. The summed E-state index contributed by atoms with van der Waals surface area (Å²) >= 11 is 0. The van der Waals surface area contributed by atoms with E-state index in [1.807, 2.05) is 0 Å². The molecule has 26 heavy (non-hydrogen) atoms. The molecule has 0 aromatic heterocycles. The molecular formula is C15H26N4O7. The van der Waals surface area contributed by atoms with E-state index in [0.29, 0.717) is 0 Å². The molecule has 148 valence electrons. The van der Waals surface area contributed by atoms with E-state index in [0.717, 1.165) is 0 Å². The van der Waals surface area contributed by atoms with Crippen molar-refractivity contribution in [2.24, 2.45) is 17.4 Å². The highest BCUT2D eigenvalue weighted by atomic mass is 16.4. The number of carboxylic acid groups (broad SMARTS) is 2. The number of rotatable bonds is 12. The number of hydrogen-bond acceptors (Lipinski definition) is 6. The third-order valence-electron chi connectivity index (χ3n) is 3.36. The van der Waals surface area contributed by atoms with Crippen LogP contribution in [0, 0.1) is 5.92 Å². The van der Waals surface area contributed by atoms with Gasteiger partial charge in [-0.15, -0.1) is 0 Å². The Bertz CT molecular complexity index is 550. The zero-order chi connectivity index (χ0) is 20.4. The normalized spacial score (nSPS) is 14.2. The van der Waals surface area contributed by atoms with E-state index in [4.69, 9.17) is 21.7 Å². The second-order valence-corrected chi connectivity index (χ2v) is 6.30. The number of carbonyl (C=O) groups is 5. The van der Waals surface area contributed by atoms with Crippen LogP contribution in [-0.4, -0.2) is 58.0 Å². The van der Waals surface area contributed by atoms with Crippen LogP contribution in [0.25, 0.3) is 0 Å². The van der Waals surface area contributed by atoms with Gasteiger partial charge in [0.1, 0.15) is 12.1 Å². The van der Waals surface area contributed by atoms with Crippen LogP contribution in [-0.2, 0) is 24.0 Å². The first-order valence-corrected chi connectivity index (χ1v) is 8.03. The van der Waals surface area contributed by atoms with E-state index >= 15 is 0 Å². The van der Waals surface area contributed by atoms with Crippen molar-refractivity contribution in [1.29, 1.82) is 0 Å². The quantitative estimate of drug-likeness (QED) is 0.228. The number of nitrogens with one attached hydrogen (secondary N) is 2. The fraction of sp³-hybridized carbons (Fsp3) is 0.667. The molecule has 0 aliphatic heterocycles. The van der Waals surface area contributed by atoms with Crippen molar-refractivity contribution < 1.29 is 34.2 Å². The van der Waals surface area contributed by atoms with Crippen molar-refractivity contribution in [2.75, 3.05) is 0 Å². The van der Waals surface area contributed by atoms with Gasteiger partial charge in [-0.2, -0.15) is 0 Å². The van der Waals surface area contributed by atoms with E-state index in [9.17, 15) is 24.0 Å². The van der Waals surface area contributed by atoms with E-state index in [-0.39, 0.29) is 18.8 Å². The molecule has 0 aliphatic carbocycles. The minimum Gasteiger partial charge on any atom is -0.481 e. The van der Waals surface area contributed by atoms with Crippen LogP contribution in [0.15, 0.2) is 0 Å². The molecule has 0 rings (SSSR count). The summed E-state index contributed by atoms with van der Waals surface area (Å²) in [5.74, 6) is -4.95. The summed E-state index contributed by atoms with van der Waals surface area (Å²) < 4.78 is 0. The largest absolute Gasteiger partial charge is 0.481 e. The summed E-state index contributed by atoms with van der Waals surface area (Å²) in [6.07, 6.45) is -0.966. The van der Waals surface area contributed by atoms with Gasteiger partial charge in [0.15, 0.2) is 0 Å². The molecule has 0 aliphatic rings. The summed E-state index contributed by atoms with van der Waals surface area (Å²) in [6.45, 7) is 3.57. The highest BCUT2D eigenvalue weighted by molar-refractivity contribution is 5.93. The smallest absolute Gasteiger partial charge is 0.326 e. The zero-order valence-electron chi connectivity index (χ0n) is 14.7. The maximum absolute atomic E-state index is 12.3. The van der Waals surface area contributed by atoms with Crippen molar-refractivity contribution in [1.82, 2.24) is 10.6 Å². The molecule has 3 amide bonds. The summed E-state index contributed by atoms with van der Waals surface area (Å²) in [7, 11) is 0. The van der Waals surface area contributed by atoms with Gasteiger partial charge < -0.3 is 32.3 Å². The van der Waals surface area contributed by atoms with Gasteiger partial charge in [0, 0.05) is 6.42 Å². The number of nitrogens with two attached hydrogens (primary N) is 2. The molecule has 0 aromatic carbocycles. The molecule has 0 spiro atoms. The van der Waals surface area contributed by atoms with Crippen LogP contribution < -0.4 is 22.1 Å². The van der Waals surface area contributed by atoms with Gasteiger partial charge in [-0.05, 0) is 18.8 Å². The first kappa shape index (κ1) is 23.3. The highest BCUT2D eigenvalue weighted by Gasteiger charge is 2.29. The molecule has 0 radical (unpaired) electrons. The number of carboxylic acids is 2. The summed E-state index contributed by atoms with van der Waals surface area (Å²) in [6, 6.07) is -3.74. The first-order chi connectivity index (χ1) is 11.9. The van der Waals surface area contributed by atoms with Crippen LogP contribution in [0.1, 0.15) is 39.5 Å². The van der Waals surface area contributed by atoms with Gasteiger partial charge in [0.05, 0.1) is 12.5 Å². The molecule has 0 aromatic rings. The molecule has 3 atom stereocenters. The molecule has 8 N–H and O–H groups in total. The number of aliphatic carboxylic acids is 2. The summed E-state index contributed by atoms with van der Waals surface area (Å²) in [5, 5.41) is 22.3. The van der Waals surface area contributed by atoms with Crippen molar-refractivity contribution in [3.8, 4) is 0 Å². The minimum atomic E-state index is -1.41. The lowest BCUT2D eigenvalue weighted by Gasteiger charge is -2.23. The lowest BCUT2D eigenvalue weighted by atomic mass is 10.0. The molecule has 0 saturated heterocycles. The minimum absolute atomic E-state index is 0.0271. The van der Waals surface area contributed by atoms with Gasteiger partial charge in [-0.3, -0.25) is 19.2 Å². The average Bonchev–Trinajstić information content (AvgIpc) is 2.48. The Kier molecular flexibility index (Phi) is 9.89. The number of amides is 3. The molecule has 3 unspecified atom stereocenters. The summed E-state index contributed by atoms with van der Waals surface area (Å²) in [5.41, 5.74) is 10.5. The van der Waals surface area contributed by atoms with Crippen molar-refractivity contribution in [3.63, 3.8) is 0 Å². The van der Waals surface area contributed by atoms with E-state index in [1.54, 1.807) is 13.8 Å². The Balaban J connectivity index is 5.05. The van der Waals surface area contributed by atoms with Gasteiger partial charge in [0.25, 0.3) is 0 Å². The van der Waals surface area contributed by atoms with E-state index in [1.165, 1.54) is 0 Å². The van der Waals surface area contributed by atoms with E-state index < -0.39 is 60.6 Å². The van der Waals surface area contributed by atoms with Gasteiger partial charge in [-0.25, -0.2) is 4.79 Å². The van der Waals surface area contributed by atoms with Crippen LogP contribution in [0.3, 0.4) is 0 Å². The molecule has 0 saturated carbocycles. The maximum atomic E-state index is 12.3. The fourth-order valence-electron chi connectivity index (χ4n) is 2.09. The SMILES string of the molecule is CC(C)CC(NC(=O)C(N)CC(N)=O)C(=O)NC(CCC(=O)O)C(=O)O. The van der Waals surface area contributed by atoms with Gasteiger partial charge >= 0.3 is 11.9 Å². The number of primary amides is 1. The second-order valence-electron chi connectivity index (χ2n) is 6.30. The zero-order valence-corrected chi connectivity index (χ0v) is 14.7. The first-order valence-electron chi connectivity index (χ1n) is 8.03. The Labute approximate surface area is 150 Å². The Morgan fingerprint density at radius 1 is 0.962 bits per heavy atom. The Morgan fingerprint density at radius 3 is 1.92 bits per heavy atom. The predicted molar refractivity (Wildman–Crippen MR) is 89.6 cm³/mol. The van der Waals surface area contributed by atoms with Crippen LogP contribution in [0.4, 0.5) is 0 Å². The molecule has 11 nitrogen and oxygen atoms in total. The Hall–Kier alpha value is -2.69. The topological polar surface area (TPSA) is 202 Å². The van der Waals surface area contributed by atoms with Crippen molar-refractivity contribution in [2.45, 2.75) is 57.7 Å². The molecule has 0 heterocycles. The molecular weight excluding hydrogens is 348 g/mol. The van der Waals surface area contributed by atoms with E-state index in [2.05, 4.69) is 10.6 Å². The maximum Gasteiger partial charge on any atom is 0.326 e. The highest BCUT2D eigenvalue weighted by Crippen LogP contribution is 2.07. The van der Waals surface area contributed by atoms with Crippen LogP contribution in [0.2, 0.25) is 0 Å². The van der Waals surface area contributed by atoms with Gasteiger partial charge in [0.2, 0.25) is 17.7 Å². The molecule has 11 heteroatoms. The molecule has 0 bridgehead atoms. The predicted octanol–water partition coefficient (Wildman–Crippen LogP) is -1.85. The standard InChI is InChI=1S/C15H26N4O7/c1-7(2)5-10(19-13(23)8(16)6-11(17)20)14(24)18-9(15(25)26)3-4-12(21)22/h7-10H,3-6,16H2,1-2H3,(H2,17,20)(H,18,24)(H,19,23)(H,21,22)(H,25,26). The lowest BCUT2D eigenvalue weighted by molar-refractivity contribution is -0.143. The van der Waals surface area contributed by atoms with Gasteiger partial charge in [-0.1, -0.05) is 13.8 Å². The number of carbonyl (C=O) groups excluding carboxylic acids is 3. The van der Waals surface area contributed by atoms with Crippen LogP contribution >= 0.6 is 0 Å². The Morgan fingerprint density at radius 2 is 1.50 bits per heavy atom. The average molecular weight is 374 g/mol. The molecule has 0 fully saturated rings. The van der Waals surface area contributed by atoms with Crippen molar-refractivity contribution >= 4 is 29.7 Å². The summed E-state index contributed by atoms with van der Waals surface area (Å²) in [4.78, 5) is 56.9. The van der Waals surface area contributed by atoms with Crippen LogP contribution in [0.5, 0.6) is 0 Å². The third-order valence-corrected chi connectivity index (χ3v) is 3.36. The second kappa shape index (κ2) is 11.0.